The normalized spacial score (nSPS) is 13.8. The lowest BCUT2D eigenvalue weighted by Gasteiger charge is -2.16. The van der Waals surface area contributed by atoms with Crippen LogP contribution >= 0.6 is 11.8 Å². The summed E-state index contributed by atoms with van der Waals surface area (Å²) in [6, 6.07) is 6.33. The number of carbonyl (C=O) groups is 2. The van der Waals surface area contributed by atoms with E-state index in [9.17, 15) is 9.59 Å². The number of aliphatic carboxylic acids is 1. The largest absolute Gasteiger partial charge is 0.474 e. The highest BCUT2D eigenvalue weighted by atomic mass is 32.2. The van der Waals surface area contributed by atoms with Gasteiger partial charge in [-0.3, -0.25) is 4.79 Å². The highest BCUT2D eigenvalue weighted by Crippen LogP contribution is 2.30. The number of rotatable bonds is 3. The molecule has 0 aromatic heterocycles. The summed E-state index contributed by atoms with van der Waals surface area (Å²) in [6.07, 6.45) is 2.98. The van der Waals surface area contributed by atoms with E-state index >= 15 is 0 Å². The fourth-order valence-corrected chi connectivity index (χ4v) is 2.98. The van der Waals surface area contributed by atoms with Crippen LogP contribution in [0, 0.1) is 0 Å². The Kier molecular flexibility index (Phi) is 4.25. The van der Waals surface area contributed by atoms with E-state index in [4.69, 9.17) is 5.11 Å². The first kappa shape index (κ1) is 13.0. The first-order valence-electron chi connectivity index (χ1n) is 5.92. The molecule has 0 aliphatic carbocycles. The van der Waals surface area contributed by atoms with Crippen LogP contribution in [0.1, 0.15) is 17.5 Å². The van der Waals surface area contributed by atoms with Crippen molar-refractivity contribution in [1.29, 1.82) is 0 Å². The molecule has 0 unspecified atom stereocenters. The van der Waals surface area contributed by atoms with Gasteiger partial charge < -0.3 is 10.4 Å². The van der Waals surface area contributed by atoms with E-state index in [0.29, 0.717) is 13.0 Å². The van der Waals surface area contributed by atoms with E-state index in [0.717, 1.165) is 12.0 Å². The van der Waals surface area contributed by atoms with E-state index in [1.165, 1.54) is 22.6 Å². The maximum Gasteiger partial charge on any atom is 0.394 e. The van der Waals surface area contributed by atoms with Crippen LogP contribution in [-0.2, 0) is 22.4 Å². The Morgan fingerprint density at radius 2 is 2.22 bits per heavy atom. The molecule has 1 aromatic carbocycles. The first-order chi connectivity index (χ1) is 8.66. The van der Waals surface area contributed by atoms with Crippen molar-refractivity contribution in [2.45, 2.75) is 24.2 Å². The second-order valence-electron chi connectivity index (χ2n) is 4.21. The highest BCUT2D eigenvalue weighted by molar-refractivity contribution is 7.99. The minimum absolute atomic E-state index is 0.358. The van der Waals surface area contributed by atoms with Crippen LogP contribution in [0.25, 0.3) is 0 Å². The molecule has 96 valence electrons. The van der Waals surface area contributed by atoms with Gasteiger partial charge in [-0.25, -0.2) is 4.79 Å². The van der Waals surface area contributed by atoms with Crippen LogP contribution in [0.2, 0.25) is 0 Å². The Morgan fingerprint density at radius 1 is 1.39 bits per heavy atom. The predicted octanol–water partition coefficient (Wildman–Crippen LogP) is 1.47. The van der Waals surface area contributed by atoms with Crippen molar-refractivity contribution < 1.29 is 14.7 Å². The number of carboxylic acids is 1. The lowest BCUT2D eigenvalue weighted by molar-refractivity contribution is -0.150. The van der Waals surface area contributed by atoms with Gasteiger partial charge in [0.2, 0.25) is 0 Å². The van der Waals surface area contributed by atoms with Crippen LogP contribution < -0.4 is 5.32 Å². The second kappa shape index (κ2) is 5.91. The molecule has 1 aromatic rings. The molecule has 0 radical (unpaired) electrons. The molecule has 0 spiro atoms. The van der Waals surface area contributed by atoms with Gasteiger partial charge in [0.15, 0.2) is 0 Å². The minimum atomic E-state index is -1.43. The van der Waals surface area contributed by atoms with Crippen LogP contribution in [0.15, 0.2) is 23.1 Å². The van der Waals surface area contributed by atoms with Crippen LogP contribution in [0.3, 0.4) is 0 Å². The average Bonchev–Trinajstić information content (AvgIpc) is 2.38. The number of benzene rings is 1. The van der Waals surface area contributed by atoms with Crippen molar-refractivity contribution >= 4 is 23.6 Å². The van der Waals surface area contributed by atoms with E-state index in [-0.39, 0.29) is 0 Å². The lowest BCUT2D eigenvalue weighted by Crippen LogP contribution is -2.32. The number of carbonyl (C=O) groups excluding carboxylic acids is 1. The molecule has 1 aliphatic heterocycles. The van der Waals surface area contributed by atoms with Crippen LogP contribution in [0.5, 0.6) is 0 Å². The third-order valence-corrected chi connectivity index (χ3v) is 4.07. The van der Waals surface area contributed by atoms with Crippen molar-refractivity contribution in [2.75, 3.05) is 12.3 Å². The van der Waals surface area contributed by atoms with E-state index in [2.05, 4.69) is 17.4 Å². The molecule has 0 saturated heterocycles. The van der Waals surface area contributed by atoms with E-state index in [1.54, 1.807) is 0 Å². The molecule has 2 rings (SSSR count). The van der Waals surface area contributed by atoms with Gasteiger partial charge in [-0.1, -0.05) is 12.1 Å². The number of thioether (sulfide) groups is 1. The monoisotopic (exact) mass is 265 g/mol. The van der Waals surface area contributed by atoms with Crippen LogP contribution in [-0.4, -0.2) is 29.3 Å². The molecule has 2 N–H and O–H groups in total. The average molecular weight is 265 g/mol. The van der Waals surface area contributed by atoms with Gasteiger partial charge in [-0.15, -0.1) is 11.8 Å². The Balaban J connectivity index is 1.90. The van der Waals surface area contributed by atoms with E-state index < -0.39 is 11.9 Å². The minimum Gasteiger partial charge on any atom is -0.474 e. The predicted molar refractivity (Wildman–Crippen MR) is 69.8 cm³/mol. The van der Waals surface area contributed by atoms with Crippen molar-refractivity contribution in [3.63, 3.8) is 0 Å². The number of carboxylic acid groups (broad SMARTS) is 1. The Morgan fingerprint density at radius 3 is 3.00 bits per heavy atom. The van der Waals surface area contributed by atoms with Gasteiger partial charge in [-0.05, 0) is 42.2 Å². The van der Waals surface area contributed by atoms with E-state index in [1.807, 2.05) is 17.8 Å². The summed E-state index contributed by atoms with van der Waals surface area (Å²) >= 11 is 1.88. The summed E-state index contributed by atoms with van der Waals surface area (Å²) in [5.41, 5.74) is 2.51. The maximum atomic E-state index is 10.9. The maximum absolute atomic E-state index is 10.9. The SMILES string of the molecule is O=C(O)C(=O)NCCc1ccc2c(c1)CCCS2. The number of amides is 1. The summed E-state index contributed by atoms with van der Waals surface area (Å²) in [6.45, 7) is 0.358. The molecule has 1 aliphatic rings. The quantitative estimate of drug-likeness (QED) is 0.812. The molecule has 1 heterocycles. The fourth-order valence-electron chi connectivity index (χ4n) is 1.97. The van der Waals surface area contributed by atoms with Gasteiger partial charge in [0.25, 0.3) is 0 Å². The fraction of sp³-hybridized carbons (Fsp3) is 0.385. The smallest absolute Gasteiger partial charge is 0.394 e. The summed E-state index contributed by atoms with van der Waals surface area (Å²) < 4.78 is 0. The molecule has 0 saturated carbocycles. The number of nitrogens with one attached hydrogen (secondary N) is 1. The number of fused-ring (bicyclic) bond motifs is 1. The lowest BCUT2D eigenvalue weighted by atomic mass is 10.0. The Labute approximate surface area is 110 Å². The summed E-state index contributed by atoms with van der Waals surface area (Å²) in [4.78, 5) is 22.5. The molecular weight excluding hydrogens is 250 g/mol. The van der Waals surface area contributed by atoms with Gasteiger partial charge in [-0.2, -0.15) is 0 Å². The molecule has 0 bridgehead atoms. The van der Waals surface area contributed by atoms with Crippen molar-refractivity contribution in [2.24, 2.45) is 0 Å². The Bertz CT molecular complexity index is 473. The Hall–Kier alpha value is -1.49. The topological polar surface area (TPSA) is 66.4 Å². The molecule has 5 heteroatoms. The van der Waals surface area contributed by atoms with Crippen molar-refractivity contribution in [3.8, 4) is 0 Å². The molecule has 1 amide bonds. The zero-order chi connectivity index (χ0) is 13.0. The van der Waals surface area contributed by atoms with Gasteiger partial charge >= 0.3 is 11.9 Å². The highest BCUT2D eigenvalue weighted by Gasteiger charge is 2.11. The van der Waals surface area contributed by atoms with Gasteiger partial charge in [0, 0.05) is 11.4 Å². The summed E-state index contributed by atoms with van der Waals surface area (Å²) in [5.74, 6) is -1.19. The van der Waals surface area contributed by atoms with Gasteiger partial charge in [0.05, 0.1) is 0 Å². The molecule has 0 atom stereocenters. The first-order valence-corrected chi connectivity index (χ1v) is 6.91. The molecular formula is C13H15NO3S. The zero-order valence-corrected chi connectivity index (χ0v) is 10.8. The molecule has 18 heavy (non-hydrogen) atoms. The van der Waals surface area contributed by atoms with Gasteiger partial charge in [0.1, 0.15) is 0 Å². The zero-order valence-electron chi connectivity index (χ0n) is 9.94. The second-order valence-corrected chi connectivity index (χ2v) is 5.34. The third kappa shape index (κ3) is 3.26. The molecule has 0 fully saturated rings. The third-order valence-electron chi connectivity index (χ3n) is 2.87. The molecule has 4 nitrogen and oxygen atoms in total. The number of hydrogen-bond donors (Lipinski definition) is 2. The number of aryl methyl sites for hydroxylation is 1. The number of hydrogen-bond acceptors (Lipinski definition) is 3. The van der Waals surface area contributed by atoms with Crippen LogP contribution in [0.4, 0.5) is 0 Å². The standard InChI is InChI=1S/C13H15NO3S/c15-12(13(16)17)14-6-5-9-3-4-11-10(8-9)2-1-7-18-11/h3-4,8H,1-2,5-7H2,(H,14,15)(H,16,17). The van der Waals surface area contributed by atoms with Crippen molar-refractivity contribution in [3.05, 3.63) is 29.3 Å². The van der Waals surface area contributed by atoms with Crippen molar-refractivity contribution in [1.82, 2.24) is 5.32 Å². The summed E-state index contributed by atoms with van der Waals surface area (Å²) in [5, 5.41) is 10.8. The summed E-state index contributed by atoms with van der Waals surface area (Å²) in [7, 11) is 0.